The van der Waals surface area contributed by atoms with Crippen molar-refractivity contribution in [3.63, 3.8) is 0 Å². The van der Waals surface area contributed by atoms with E-state index < -0.39 is 0 Å². The van der Waals surface area contributed by atoms with E-state index in [1.54, 1.807) is 6.20 Å². The van der Waals surface area contributed by atoms with Gasteiger partial charge in [-0.3, -0.25) is 0 Å². The number of anilines is 1. The van der Waals surface area contributed by atoms with Crippen LogP contribution in [0.5, 0.6) is 0 Å². The number of hydrogen-bond donors (Lipinski definition) is 1. The van der Waals surface area contributed by atoms with Crippen LogP contribution in [0.25, 0.3) is 11.3 Å². The first-order valence-electron chi connectivity index (χ1n) is 5.35. The van der Waals surface area contributed by atoms with E-state index in [4.69, 9.17) is 5.73 Å². The molecule has 0 radical (unpaired) electrons. The summed E-state index contributed by atoms with van der Waals surface area (Å²) in [7, 11) is 0. The molecule has 3 heteroatoms. The van der Waals surface area contributed by atoms with E-state index in [0.717, 1.165) is 11.3 Å². The van der Waals surface area contributed by atoms with Gasteiger partial charge < -0.3 is 5.73 Å². The molecule has 1 aromatic heterocycles. The highest BCUT2D eigenvalue weighted by Gasteiger charge is 2.02. The Morgan fingerprint density at radius 3 is 2.31 bits per heavy atom. The Kier molecular flexibility index (Phi) is 2.86. The van der Waals surface area contributed by atoms with Crippen LogP contribution in [-0.2, 0) is 0 Å². The Bertz CT molecular complexity index is 475. The van der Waals surface area contributed by atoms with Crippen molar-refractivity contribution in [2.45, 2.75) is 19.8 Å². The molecule has 2 rings (SSSR count). The molecule has 3 nitrogen and oxygen atoms in total. The van der Waals surface area contributed by atoms with Crippen LogP contribution in [0.2, 0.25) is 0 Å². The Hall–Kier alpha value is -1.90. The number of nitrogen functional groups attached to an aromatic ring is 1. The number of aromatic nitrogens is 2. The number of nitrogens with two attached hydrogens (primary N) is 1. The summed E-state index contributed by atoms with van der Waals surface area (Å²) in [6.07, 6.45) is 1.67. The average Bonchev–Trinajstić information content (AvgIpc) is 2.29. The fourth-order valence-corrected chi connectivity index (χ4v) is 1.57. The van der Waals surface area contributed by atoms with Crippen LogP contribution < -0.4 is 5.73 Å². The summed E-state index contributed by atoms with van der Waals surface area (Å²) in [6, 6.07) is 10.2. The lowest BCUT2D eigenvalue weighted by Gasteiger charge is -2.06. The quantitative estimate of drug-likeness (QED) is 0.834. The van der Waals surface area contributed by atoms with Gasteiger partial charge in [-0.25, -0.2) is 9.97 Å². The molecule has 0 fully saturated rings. The van der Waals surface area contributed by atoms with Crippen LogP contribution in [0.1, 0.15) is 25.3 Å². The predicted octanol–water partition coefficient (Wildman–Crippen LogP) is 2.85. The molecule has 0 atom stereocenters. The Labute approximate surface area is 95.4 Å². The van der Waals surface area contributed by atoms with Gasteiger partial charge in [-0.2, -0.15) is 0 Å². The molecule has 0 amide bonds. The first-order valence-corrected chi connectivity index (χ1v) is 5.35. The highest BCUT2D eigenvalue weighted by atomic mass is 15.0. The summed E-state index contributed by atoms with van der Waals surface area (Å²) in [5, 5.41) is 0. The molecule has 2 N–H and O–H groups in total. The third kappa shape index (κ3) is 2.19. The number of hydrogen-bond acceptors (Lipinski definition) is 3. The number of benzene rings is 1. The van der Waals surface area contributed by atoms with E-state index in [1.807, 2.05) is 6.07 Å². The summed E-state index contributed by atoms with van der Waals surface area (Å²) in [5.41, 5.74) is 8.81. The van der Waals surface area contributed by atoms with Gasteiger partial charge in [0, 0.05) is 11.8 Å². The fraction of sp³-hybridized carbons (Fsp3) is 0.231. The lowest BCUT2D eigenvalue weighted by molar-refractivity contribution is 0.867. The zero-order valence-corrected chi connectivity index (χ0v) is 9.51. The van der Waals surface area contributed by atoms with Crippen LogP contribution >= 0.6 is 0 Å². The van der Waals surface area contributed by atoms with Crippen molar-refractivity contribution in [2.75, 3.05) is 5.73 Å². The van der Waals surface area contributed by atoms with Crippen molar-refractivity contribution in [3.8, 4) is 11.3 Å². The van der Waals surface area contributed by atoms with Gasteiger partial charge in [0.1, 0.15) is 0 Å². The normalized spacial score (nSPS) is 10.7. The van der Waals surface area contributed by atoms with Gasteiger partial charge in [0.15, 0.2) is 0 Å². The molecular formula is C13H15N3. The lowest BCUT2D eigenvalue weighted by Crippen LogP contribution is -1.95. The van der Waals surface area contributed by atoms with Crippen molar-refractivity contribution in [3.05, 3.63) is 42.1 Å². The standard InChI is InChI=1S/C13H15N3/c1-9(2)10-3-5-11(6-4-10)12-7-8-15-13(14)16-12/h3-9H,1-2H3,(H2,14,15,16). The van der Waals surface area contributed by atoms with Crippen molar-refractivity contribution in [1.82, 2.24) is 9.97 Å². The minimum atomic E-state index is 0.311. The molecule has 2 aromatic rings. The molecule has 16 heavy (non-hydrogen) atoms. The maximum Gasteiger partial charge on any atom is 0.220 e. The van der Waals surface area contributed by atoms with Gasteiger partial charge in [0.2, 0.25) is 5.95 Å². The molecule has 1 heterocycles. The second-order valence-electron chi connectivity index (χ2n) is 4.08. The van der Waals surface area contributed by atoms with E-state index in [0.29, 0.717) is 11.9 Å². The van der Waals surface area contributed by atoms with E-state index >= 15 is 0 Å². The topological polar surface area (TPSA) is 51.8 Å². The van der Waals surface area contributed by atoms with Gasteiger partial charge in [0.05, 0.1) is 5.69 Å². The first-order chi connectivity index (χ1) is 7.66. The van der Waals surface area contributed by atoms with Gasteiger partial charge in [0.25, 0.3) is 0 Å². The zero-order valence-electron chi connectivity index (χ0n) is 9.51. The second-order valence-corrected chi connectivity index (χ2v) is 4.08. The van der Waals surface area contributed by atoms with E-state index in [9.17, 15) is 0 Å². The highest BCUT2D eigenvalue weighted by molar-refractivity contribution is 5.60. The fourth-order valence-electron chi connectivity index (χ4n) is 1.57. The molecular weight excluding hydrogens is 198 g/mol. The van der Waals surface area contributed by atoms with Crippen LogP contribution in [-0.4, -0.2) is 9.97 Å². The molecule has 0 unspecified atom stereocenters. The molecule has 0 spiro atoms. The SMILES string of the molecule is CC(C)c1ccc(-c2ccnc(N)n2)cc1. The Morgan fingerprint density at radius 2 is 1.75 bits per heavy atom. The maximum absolute atomic E-state index is 5.55. The summed E-state index contributed by atoms with van der Waals surface area (Å²) < 4.78 is 0. The smallest absolute Gasteiger partial charge is 0.220 e. The van der Waals surface area contributed by atoms with E-state index in [2.05, 4.69) is 48.1 Å². The van der Waals surface area contributed by atoms with E-state index in [1.165, 1.54) is 5.56 Å². The molecule has 0 saturated heterocycles. The molecule has 0 bridgehead atoms. The van der Waals surface area contributed by atoms with Crippen LogP contribution in [0.4, 0.5) is 5.95 Å². The summed E-state index contributed by atoms with van der Waals surface area (Å²) in [5.74, 6) is 0.856. The Balaban J connectivity index is 2.35. The van der Waals surface area contributed by atoms with Crippen LogP contribution in [0.3, 0.4) is 0 Å². The van der Waals surface area contributed by atoms with Crippen molar-refractivity contribution in [1.29, 1.82) is 0 Å². The summed E-state index contributed by atoms with van der Waals surface area (Å²) in [6.45, 7) is 4.36. The van der Waals surface area contributed by atoms with Gasteiger partial charge in [-0.05, 0) is 17.5 Å². The Morgan fingerprint density at radius 1 is 1.06 bits per heavy atom. The van der Waals surface area contributed by atoms with E-state index in [-0.39, 0.29) is 0 Å². The summed E-state index contributed by atoms with van der Waals surface area (Å²) >= 11 is 0. The maximum atomic E-state index is 5.55. The van der Waals surface area contributed by atoms with Crippen molar-refractivity contribution >= 4 is 5.95 Å². The number of rotatable bonds is 2. The minimum Gasteiger partial charge on any atom is -0.368 e. The zero-order chi connectivity index (χ0) is 11.5. The van der Waals surface area contributed by atoms with Gasteiger partial charge in [-0.1, -0.05) is 38.1 Å². The third-order valence-electron chi connectivity index (χ3n) is 2.55. The number of nitrogens with zero attached hydrogens (tertiary/aromatic N) is 2. The van der Waals surface area contributed by atoms with Gasteiger partial charge >= 0.3 is 0 Å². The largest absolute Gasteiger partial charge is 0.368 e. The molecule has 0 aliphatic rings. The lowest BCUT2D eigenvalue weighted by atomic mass is 10.0. The highest BCUT2D eigenvalue weighted by Crippen LogP contribution is 2.21. The molecule has 0 aliphatic carbocycles. The van der Waals surface area contributed by atoms with Crippen molar-refractivity contribution in [2.24, 2.45) is 0 Å². The monoisotopic (exact) mass is 213 g/mol. The molecule has 0 saturated carbocycles. The predicted molar refractivity (Wildman–Crippen MR) is 66.0 cm³/mol. The molecule has 82 valence electrons. The average molecular weight is 213 g/mol. The second kappa shape index (κ2) is 4.31. The van der Waals surface area contributed by atoms with Crippen LogP contribution in [0.15, 0.2) is 36.5 Å². The van der Waals surface area contributed by atoms with Gasteiger partial charge in [-0.15, -0.1) is 0 Å². The molecule has 1 aromatic carbocycles. The van der Waals surface area contributed by atoms with Crippen molar-refractivity contribution < 1.29 is 0 Å². The third-order valence-corrected chi connectivity index (χ3v) is 2.55. The van der Waals surface area contributed by atoms with Crippen LogP contribution in [0, 0.1) is 0 Å². The first kappa shape index (κ1) is 10.6. The summed E-state index contributed by atoms with van der Waals surface area (Å²) in [4.78, 5) is 8.06. The molecule has 0 aliphatic heterocycles. The minimum absolute atomic E-state index is 0.311.